The maximum atomic E-state index is 13.7. The van der Waals surface area contributed by atoms with Crippen molar-refractivity contribution in [3.05, 3.63) is 82.2 Å². The lowest BCUT2D eigenvalue weighted by Gasteiger charge is -2.29. The molecule has 1 amide bonds. The van der Waals surface area contributed by atoms with Gasteiger partial charge in [0.1, 0.15) is 0 Å². The number of carbonyl (C=O) groups is 1. The molecular weight excluding hydrogens is 360 g/mol. The summed E-state index contributed by atoms with van der Waals surface area (Å²) in [6.07, 6.45) is 1.36. The summed E-state index contributed by atoms with van der Waals surface area (Å²) in [5.74, 6) is -2.01. The lowest BCUT2D eigenvalue weighted by atomic mass is 10.00. The van der Waals surface area contributed by atoms with Crippen LogP contribution in [0.3, 0.4) is 0 Å². The average molecular weight is 381 g/mol. The van der Waals surface area contributed by atoms with Gasteiger partial charge in [0.05, 0.1) is 17.9 Å². The summed E-state index contributed by atoms with van der Waals surface area (Å²) in [5, 5.41) is 4.45. The van der Waals surface area contributed by atoms with Gasteiger partial charge in [0.15, 0.2) is 11.6 Å². The summed E-state index contributed by atoms with van der Waals surface area (Å²) in [6, 6.07) is 11.7. The predicted molar refractivity (Wildman–Crippen MR) is 104 cm³/mol. The first-order valence-electron chi connectivity index (χ1n) is 9.32. The van der Waals surface area contributed by atoms with Crippen molar-refractivity contribution in [2.45, 2.75) is 33.2 Å². The maximum absolute atomic E-state index is 13.7. The SMILES string of the molecule is Cc1cc(C)n(Cc2ccc(C(=O)N3CCCc4cc(F)c(F)cc43)cc2)n1. The largest absolute Gasteiger partial charge is 0.308 e. The molecule has 0 saturated heterocycles. The number of hydrogen-bond donors (Lipinski definition) is 0. The van der Waals surface area contributed by atoms with Crippen molar-refractivity contribution in [2.24, 2.45) is 0 Å². The van der Waals surface area contributed by atoms with Gasteiger partial charge < -0.3 is 4.90 Å². The van der Waals surface area contributed by atoms with Crippen LogP contribution in [0.4, 0.5) is 14.5 Å². The van der Waals surface area contributed by atoms with Crippen LogP contribution in [0.2, 0.25) is 0 Å². The van der Waals surface area contributed by atoms with Crippen LogP contribution >= 0.6 is 0 Å². The summed E-state index contributed by atoms with van der Waals surface area (Å²) in [7, 11) is 0. The second kappa shape index (κ2) is 7.19. The van der Waals surface area contributed by atoms with Gasteiger partial charge in [0.25, 0.3) is 5.91 Å². The van der Waals surface area contributed by atoms with E-state index in [-0.39, 0.29) is 5.91 Å². The maximum Gasteiger partial charge on any atom is 0.258 e. The highest BCUT2D eigenvalue weighted by molar-refractivity contribution is 6.06. The third-order valence-corrected chi connectivity index (χ3v) is 5.12. The smallest absolute Gasteiger partial charge is 0.258 e. The van der Waals surface area contributed by atoms with Crippen LogP contribution in [0.5, 0.6) is 0 Å². The first-order valence-corrected chi connectivity index (χ1v) is 9.32. The highest BCUT2D eigenvalue weighted by atomic mass is 19.2. The standard InChI is InChI=1S/C22H21F2N3O/c1-14-10-15(2)27(25-14)13-16-5-7-17(8-6-16)22(28)26-9-3-4-18-11-19(23)20(24)12-21(18)26/h5-8,10-12H,3-4,9,13H2,1-2H3. The lowest BCUT2D eigenvalue weighted by Crippen LogP contribution is -2.35. The molecule has 0 atom stereocenters. The number of benzene rings is 2. The Kier molecular flexibility index (Phi) is 4.71. The van der Waals surface area contributed by atoms with Gasteiger partial charge in [-0.05, 0) is 62.1 Å². The first kappa shape index (κ1) is 18.3. The Morgan fingerprint density at radius 1 is 1.07 bits per heavy atom. The zero-order valence-electron chi connectivity index (χ0n) is 15.9. The van der Waals surface area contributed by atoms with E-state index in [4.69, 9.17) is 0 Å². The molecule has 144 valence electrons. The highest BCUT2D eigenvalue weighted by Crippen LogP contribution is 2.30. The number of anilines is 1. The van der Waals surface area contributed by atoms with Crippen LogP contribution in [0.15, 0.2) is 42.5 Å². The zero-order chi connectivity index (χ0) is 19.8. The molecule has 0 aliphatic carbocycles. The number of rotatable bonds is 3. The predicted octanol–water partition coefficient (Wildman–Crippen LogP) is 4.42. The quantitative estimate of drug-likeness (QED) is 0.674. The van der Waals surface area contributed by atoms with E-state index < -0.39 is 11.6 Å². The van der Waals surface area contributed by atoms with Gasteiger partial charge in [0.2, 0.25) is 0 Å². The number of aryl methyl sites for hydroxylation is 3. The second-order valence-electron chi connectivity index (χ2n) is 7.24. The van der Waals surface area contributed by atoms with Crippen LogP contribution in [-0.2, 0) is 13.0 Å². The molecule has 1 aliphatic heterocycles. The Bertz CT molecular complexity index is 1040. The number of carbonyl (C=O) groups excluding carboxylic acids is 1. The van der Waals surface area contributed by atoms with Crippen molar-refractivity contribution in [2.75, 3.05) is 11.4 Å². The molecule has 0 saturated carbocycles. The number of amides is 1. The van der Waals surface area contributed by atoms with E-state index in [1.54, 1.807) is 12.1 Å². The number of nitrogens with zero attached hydrogens (tertiary/aromatic N) is 3. The van der Waals surface area contributed by atoms with E-state index in [2.05, 4.69) is 5.10 Å². The summed E-state index contributed by atoms with van der Waals surface area (Å²) < 4.78 is 29.2. The van der Waals surface area contributed by atoms with Crippen LogP contribution in [0, 0.1) is 25.5 Å². The lowest BCUT2D eigenvalue weighted by molar-refractivity contribution is 0.0985. The summed E-state index contributed by atoms with van der Waals surface area (Å²) in [6.45, 7) is 5.08. The minimum atomic E-state index is -0.932. The van der Waals surface area contributed by atoms with Crippen LogP contribution in [0.1, 0.15) is 39.3 Å². The molecule has 0 bridgehead atoms. The molecule has 4 nitrogen and oxygen atoms in total. The number of aromatic nitrogens is 2. The molecule has 0 spiro atoms. The molecule has 0 radical (unpaired) electrons. The Morgan fingerprint density at radius 2 is 1.79 bits per heavy atom. The molecule has 3 aromatic rings. The van der Waals surface area contributed by atoms with Crippen molar-refractivity contribution in [1.82, 2.24) is 9.78 Å². The number of hydrogen-bond acceptors (Lipinski definition) is 2. The Labute approximate surface area is 162 Å². The molecule has 6 heteroatoms. The normalized spacial score (nSPS) is 13.5. The van der Waals surface area contributed by atoms with Crippen molar-refractivity contribution >= 4 is 11.6 Å². The van der Waals surface area contributed by atoms with Crippen LogP contribution in [0.25, 0.3) is 0 Å². The summed E-state index contributed by atoms with van der Waals surface area (Å²) in [5.41, 5.74) is 4.74. The summed E-state index contributed by atoms with van der Waals surface area (Å²) in [4.78, 5) is 14.5. The van der Waals surface area contributed by atoms with Gasteiger partial charge in [0, 0.05) is 23.9 Å². The van der Waals surface area contributed by atoms with Gasteiger partial charge in [-0.2, -0.15) is 5.10 Å². The molecule has 2 heterocycles. The zero-order valence-corrected chi connectivity index (χ0v) is 15.9. The van der Waals surface area contributed by atoms with Crippen molar-refractivity contribution in [3.8, 4) is 0 Å². The monoisotopic (exact) mass is 381 g/mol. The van der Waals surface area contributed by atoms with E-state index in [0.29, 0.717) is 36.3 Å². The average Bonchev–Trinajstić information content (AvgIpc) is 2.99. The molecule has 0 N–H and O–H groups in total. The molecule has 0 unspecified atom stereocenters. The molecule has 4 rings (SSSR count). The van der Waals surface area contributed by atoms with E-state index in [0.717, 1.165) is 29.4 Å². The molecular formula is C22H21F2N3O. The highest BCUT2D eigenvalue weighted by Gasteiger charge is 2.25. The van der Waals surface area contributed by atoms with Crippen molar-refractivity contribution in [3.63, 3.8) is 0 Å². The second-order valence-corrected chi connectivity index (χ2v) is 7.24. The third kappa shape index (κ3) is 3.42. The Hall–Kier alpha value is -3.02. The molecule has 1 aliphatic rings. The van der Waals surface area contributed by atoms with Crippen molar-refractivity contribution < 1.29 is 13.6 Å². The number of halogens is 2. The fourth-order valence-corrected chi connectivity index (χ4v) is 3.70. The summed E-state index contributed by atoms with van der Waals surface area (Å²) >= 11 is 0. The van der Waals surface area contributed by atoms with Gasteiger partial charge in [-0.1, -0.05) is 12.1 Å². The van der Waals surface area contributed by atoms with Gasteiger partial charge in [-0.25, -0.2) is 8.78 Å². The Morgan fingerprint density at radius 3 is 2.46 bits per heavy atom. The van der Waals surface area contributed by atoms with Gasteiger partial charge in [-0.3, -0.25) is 9.48 Å². The fraction of sp³-hybridized carbons (Fsp3) is 0.273. The van der Waals surface area contributed by atoms with Crippen LogP contribution in [-0.4, -0.2) is 22.2 Å². The minimum absolute atomic E-state index is 0.204. The van der Waals surface area contributed by atoms with E-state index in [9.17, 15) is 13.6 Å². The molecule has 28 heavy (non-hydrogen) atoms. The van der Waals surface area contributed by atoms with Crippen LogP contribution < -0.4 is 4.90 Å². The Balaban J connectivity index is 1.56. The first-order chi connectivity index (χ1) is 13.4. The number of fused-ring (bicyclic) bond motifs is 1. The topological polar surface area (TPSA) is 38.1 Å². The fourth-order valence-electron chi connectivity index (χ4n) is 3.70. The molecule has 2 aromatic carbocycles. The van der Waals surface area contributed by atoms with Gasteiger partial charge in [-0.15, -0.1) is 0 Å². The third-order valence-electron chi connectivity index (χ3n) is 5.12. The minimum Gasteiger partial charge on any atom is -0.308 e. The van der Waals surface area contributed by atoms with Gasteiger partial charge >= 0.3 is 0 Å². The van der Waals surface area contributed by atoms with E-state index in [1.165, 1.54) is 11.0 Å². The van der Waals surface area contributed by atoms with Crippen molar-refractivity contribution in [1.29, 1.82) is 0 Å². The van der Waals surface area contributed by atoms with E-state index >= 15 is 0 Å². The molecule has 0 fully saturated rings. The molecule has 1 aromatic heterocycles. The van der Waals surface area contributed by atoms with E-state index in [1.807, 2.05) is 36.7 Å².